The van der Waals surface area contributed by atoms with Gasteiger partial charge in [-0.2, -0.15) is 11.8 Å². The van der Waals surface area contributed by atoms with E-state index in [1.54, 1.807) is 0 Å². The molecule has 1 atom stereocenters. The molecule has 0 saturated heterocycles. The molecule has 1 unspecified atom stereocenters. The van der Waals surface area contributed by atoms with Crippen LogP contribution in [0, 0.1) is 0 Å². The summed E-state index contributed by atoms with van der Waals surface area (Å²) in [7, 11) is 0. The summed E-state index contributed by atoms with van der Waals surface area (Å²) in [5.41, 5.74) is 1.61. The Hall–Kier alpha value is 0.110. The topological polar surface area (TPSA) is 12.0 Å². The average molecular weight is 402 g/mol. The summed E-state index contributed by atoms with van der Waals surface area (Å²) in [6.07, 6.45) is 10.2. The van der Waals surface area contributed by atoms with Crippen molar-refractivity contribution in [2.45, 2.75) is 76.7 Å². The molecule has 1 aliphatic carbocycles. The first-order valence-electron chi connectivity index (χ1n) is 9.90. The molecule has 1 N–H and O–H groups in total. The van der Waals surface area contributed by atoms with Crippen LogP contribution in [0.2, 0.25) is 10.0 Å². The van der Waals surface area contributed by atoms with E-state index in [2.05, 4.69) is 43.1 Å². The van der Waals surface area contributed by atoms with Crippen molar-refractivity contribution < 1.29 is 0 Å². The van der Waals surface area contributed by atoms with Crippen LogP contribution in [0.15, 0.2) is 18.2 Å². The van der Waals surface area contributed by atoms with Gasteiger partial charge in [-0.1, -0.05) is 56.0 Å². The van der Waals surface area contributed by atoms with E-state index in [4.69, 9.17) is 23.2 Å². The smallest absolute Gasteiger partial charge is 0.0595 e. The van der Waals surface area contributed by atoms with Gasteiger partial charge in [-0.25, -0.2) is 0 Å². The van der Waals surface area contributed by atoms with Gasteiger partial charge in [-0.3, -0.25) is 0 Å². The molecule has 1 nitrogen and oxygen atoms in total. The lowest BCUT2D eigenvalue weighted by Crippen LogP contribution is -2.52. The third-order valence-corrected chi connectivity index (χ3v) is 7.46. The predicted molar refractivity (Wildman–Crippen MR) is 116 cm³/mol. The van der Waals surface area contributed by atoms with Crippen molar-refractivity contribution in [3.63, 3.8) is 0 Å². The summed E-state index contributed by atoms with van der Waals surface area (Å²) in [5.74, 6) is 2.62. The summed E-state index contributed by atoms with van der Waals surface area (Å²) in [5, 5.41) is 5.20. The quantitative estimate of drug-likeness (QED) is 0.374. The van der Waals surface area contributed by atoms with Gasteiger partial charge in [-0.15, -0.1) is 0 Å². The molecule has 0 amide bonds. The first kappa shape index (κ1) is 21.4. The fraction of sp³-hybridized carbons (Fsp3) is 0.714. The summed E-state index contributed by atoms with van der Waals surface area (Å²) in [6.45, 7) is 5.69. The maximum atomic E-state index is 6.29. The van der Waals surface area contributed by atoms with Gasteiger partial charge in [0.15, 0.2) is 0 Å². The largest absolute Gasteiger partial charge is 0.313 e. The molecular formula is C21H33Cl2NS. The van der Waals surface area contributed by atoms with Crippen molar-refractivity contribution in [1.29, 1.82) is 0 Å². The second kappa shape index (κ2) is 11.1. The lowest BCUT2D eigenvalue weighted by atomic mass is 9.59. The Kier molecular flexibility index (Phi) is 9.48. The Labute approximate surface area is 168 Å². The molecule has 0 heterocycles. The third kappa shape index (κ3) is 5.79. The van der Waals surface area contributed by atoms with Crippen molar-refractivity contribution in [1.82, 2.24) is 5.32 Å². The normalized spacial score (nSPS) is 17.3. The van der Waals surface area contributed by atoms with E-state index in [1.807, 2.05) is 6.07 Å². The highest BCUT2D eigenvalue weighted by molar-refractivity contribution is 7.99. The van der Waals surface area contributed by atoms with Gasteiger partial charge in [0.2, 0.25) is 0 Å². The van der Waals surface area contributed by atoms with Crippen LogP contribution in [0.3, 0.4) is 0 Å². The van der Waals surface area contributed by atoms with E-state index >= 15 is 0 Å². The minimum Gasteiger partial charge on any atom is -0.313 e. The Morgan fingerprint density at radius 2 is 1.84 bits per heavy atom. The maximum Gasteiger partial charge on any atom is 0.0595 e. The van der Waals surface area contributed by atoms with E-state index in [1.165, 1.54) is 62.0 Å². The van der Waals surface area contributed by atoms with Crippen molar-refractivity contribution in [2.24, 2.45) is 0 Å². The van der Waals surface area contributed by atoms with Crippen LogP contribution in [0.4, 0.5) is 0 Å². The predicted octanol–water partition coefficient (Wildman–Crippen LogP) is 7.10. The molecule has 25 heavy (non-hydrogen) atoms. The minimum atomic E-state index is 0.249. The molecule has 1 saturated carbocycles. The van der Waals surface area contributed by atoms with Crippen molar-refractivity contribution in [3.05, 3.63) is 33.8 Å². The molecule has 1 aromatic carbocycles. The number of hydrogen-bond donors (Lipinski definition) is 1. The number of hydrogen-bond acceptors (Lipinski definition) is 2. The molecular weight excluding hydrogens is 369 g/mol. The van der Waals surface area contributed by atoms with Gasteiger partial charge in [0.1, 0.15) is 0 Å². The highest BCUT2D eigenvalue weighted by atomic mass is 35.5. The first-order chi connectivity index (χ1) is 12.1. The Balaban J connectivity index is 1.84. The molecule has 0 aliphatic heterocycles. The summed E-state index contributed by atoms with van der Waals surface area (Å²) in [4.78, 5) is 0. The highest BCUT2D eigenvalue weighted by Crippen LogP contribution is 2.48. The van der Waals surface area contributed by atoms with Crippen LogP contribution in [-0.4, -0.2) is 24.1 Å². The van der Waals surface area contributed by atoms with E-state index < -0.39 is 0 Å². The molecule has 1 fully saturated rings. The van der Waals surface area contributed by atoms with Crippen molar-refractivity contribution in [3.8, 4) is 0 Å². The van der Waals surface area contributed by atoms with E-state index in [-0.39, 0.29) is 5.41 Å². The van der Waals surface area contributed by atoms with Crippen molar-refractivity contribution in [2.75, 3.05) is 18.1 Å². The number of benzene rings is 1. The lowest BCUT2D eigenvalue weighted by molar-refractivity contribution is 0.164. The number of unbranched alkanes of at least 4 members (excludes halogenated alkanes) is 2. The lowest BCUT2D eigenvalue weighted by Gasteiger charge is -2.49. The molecule has 0 aromatic heterocycles. The zero-order valence-corrected chi connectivity index (χ0v) is 18.1. The Morgan fingerprint density at radius 3 is 2.44 bits per heavy atom. The van der Waals surface area contributed by atoms with Gasteiger partial charge in [0, 0.05) is 11.5 Å². The Bertz CT molecular complexity index is 517. The Morgan fingerprint density at radius 1 is 1.08 bits per heavy atom. The SMILES string of the molecule is CCCCSCCCCNC(CC)C1(c2ccc(Cl)c(Cl)c2)CCC1. The maximum absolute atomic E-state index is 6.29. The van der Waals surface area contributed by atoms with Crippen LogP contribution in [0.1, 0.15) is 70.8 Å². The van der Waals surface area contributed by atoms with Gasteiger partial charge >= 0.3 is 0 Å². The van der Waals surface area contributed by atoms with Crippen LogP contribution >= 0.6 is 35.0 Å². The number of halogens is 2. The number of rotatable bonds is 12. The van der Waals surface area contributed by atoms with Gasteiger partial charge in [0.05, 0.1) is 10.0 Å². The fourth-order valence-corrected chi connectivity index (χ4v) is 5.29. The molecule has 0 radical (unpaired) electrons. The molecule has 0 spiro atoms. The third-order valence-electron chi connectivity index (χ3n) is 5.56. The van der Waals surface area contributed by atoms with E-state index in [9.17, 15) is 0 Å². The van der Waals surface area contributed by atoms with Crippen LogP contribution in [0.5, 0.6) is 0 Å². The monoisotopic (exact) mass is 401 g/mol. The van der Waals surface area contributed by atoms with Crippen molar-refractivity contribution >= 4 is 35.0 Å². The molecule has 2 rings (SSSR count). The van der Waals surface area contributed by atoms with Crippen LogP contribution in [0.25, 0.3) is 0 Å². The molecule has 4 heteroatoms. The van der Waals surface area contributed by atoms with E-state index in [0.717, 1.165) is 13.0 Å². The minimum absolute atomic E-state index is 0.249. The first-order valence-corrected chi connectivity index (χ1v) is 11.8. The second-order valence-electron chi connectivity index (χ2n) is 7.23. The fourth-order valence-electron chi connectivity index (χ4n) is 3.89. The molecule has 0 bridgehead atoms. The van der Waals surface area contributed by atoms with Crippen LogP contribution < -0.4 is 5.32 Å². The standard InChI is InChI=1S/C21H33Cl2NS/c1-3-5-14-25-15-7-6-13-24-20(4-2)21(11-8-12-21)17-9-10-18(22)19(23)16-17/h9-10,16,20,24H,3-8,11-15H2,1-2H3. The van der Waals surface area contributed by atoms with Gasteiger partial charge in [0.25, 0.3) is 0 Å². The van der Waals surface area contributed by atoms with Crippen LogP contribution in [-0.2, 0) is 5.41 Å². The zero-order chi connectivity index (χ0) is 18.1. The highest BCUT2D eigenvalue weighted by Gasteiger charge is 2.44. The van der Waals surface area contributed by atoms with Gasteiger partial charge in [-0.05, 0) is 74.3 Å². The molecule has 1 aromatic rings. The van der Waals surface area contributed by atoms with E-state index in [0.29, 0.717) is 16.1 Å². The number of thioether (sulfide) groups is 1. The number of nitrogens with one attached hydrogen (secondary N) is 1. The summed E-state index contributed by atoms with van der Waals surface area (Å²) in [6, 6.07) is 6.77. The van der Waals surface area contributed by atoms with Gasteiger partial charge < -0.3 is 5.32 Å². The average Bonchev–Trinajstić information content (AvgIpc) is 2.57. The summed E-state index contributed by atoms with van der Waals surface area (Å²) < 4.78 is 0. The molecule has 1 aliphatic rings. The molecule has 142 valence electrons. The second-order valence-corrected chi connectivity index (χ2v) is 9.27. The zero-order valence-electron chi connectivity index (χ0n) is 15.8. The summed E-state index contributed by atoms with van der Waals surface area (Å²) >= 11 is 14.5.